The Bertz CT molecular complexity index is 501. The first-order valence-corrected chi connectivity index (χ1v) is 6.09. The Morgan fingerprint density at radius 2 is 2.33 bits per heavy atom. The molecule has 0 spiro atoms. The van der Waals surface area contributed by atoms with E-state index in [-0.39, 0.29) is 12.5 Å². The number of anilines is 1. The number of aryl methyl sites for hydroxylation is 1. The van der Waals surface area contributed by atoms with Crippen LogP contribution in [0.2, 0.25) is 0 Å². The third kappa shape index (κ3) is 3.01. The fraction of sp³-hybridized carbons (Fsp3) is 0.429. The van der Waals surface area contributed by atoms with Crippen LogP contribution < -0.4 is 5.32 Å². The standard InChI is InChI=1S/C14H16N2O2/c1-9-2-5-12(11(6-9)8-15)16-13(7-14(17)18)10-3-4-10/h2,5-6,10,13,16H,3-4,7H2,1H3,(H,17,18). The van der Waals surface area contributed by atoms with Gasteiger partial charge in [-0.15, -0.1) is 0 Å². The number of nitrogens with zero attached hydrogens (tertiary/aromatic N) is 1. The summed E-state index contributed by atoms with van der Waals surface area (Å²) in [6.45, 7) is 1.93. The summed E-state index contributed by atoms with van der Waals surface area (Å²) in [4.78, 5) is 10.8. The Morgan fingerprint density at radius 3 is 2.89 bits per heavy atom. The molecule has 94 valence electrons. The summed E-state index contributed by atoms with van der Waals surface area (Å²) in [6, 6.07) is 7.66. The van der Waals surface area contributed by atoms with Crippen LogP contribution in [0.15, 0.2) is 18.2 Å². The molecule has 4 nitrogen and oxygen atoms in total. The molecule has 0 aromatic heterocycles. The quantitative estimate of drug-likeness (QED) is 0.834. The van der Waals surface area contributed by atoms with Gasteiger partial charge in [-0.3, -0.25) is 4.79 Å². The van der Waals surface area contributed by atoms with Gasteiger partial charge in [0.1, 0.15) is 6.07 Å². The van der Waals surface area contributed by atoms with Crippen LogP contribution in [0, 0.1) is 24.2 Å². The van der Waals surface area contributed by atoms with Crippen molar-refractivity contribution in [2.75, 3.05) is 5.32 Å². The van der Waals surface area contributed by atoms with Gasteiger partial charge in [0.05, 0.1) is 17.7 Å². The highest BCUT2D eigenvalue weighted by molar-refractivity contribution is 5.69. The van der Waals surface area contributed by atoms with E-state index >= 15 is 0 Å². The van der Waals surface area contributed by atoms with E-state index in [1.807, 2.05) is 25.1 Å². The van der Waals surface area contributed by atoms with E-state index in [2.05, 4.69) is 11.4 Å². The maximum Gasteiger partial charge on any atom is 0.305 e. The van der Waals surface area contributed by atoms with Crippen LogP contribution in [0.1, 0.15) is 30.4 Å². The lowest BCUT2D eigenvalue weighted by Crippen LogP contribution is -2.25. The normalized spacial score (nSPS) is 15.8. The number of nitriles is 1. The lowest BCUT2D eigenvalue weighted by Gasteiger charge is -2.18. The molecule has 1 fully saturated rings. The highest BCUT2D eigenvalue weighted by atomic mass is 16.4. The van der Waals surface area contributed by atoms with Gasteiger partial charge in [-0.05, 0) is 43.4 Å². The zero-order chi connectivity index (χ0) is 13.1. The highest BCUT2D eigenvalue weighted by Gasteiger charge is 2.32. The lowest BCUT2D eigenvalue weighted by atomic mass is 10.1. The fourth-order valence-corrected chi connectivity index (χ4v) is 2.10. The molecule has 0 heterocycles. The minimum Gasteiger partial charge on any atom is -0.481 e. The number of benzene rings is 1. The Hall–Kier alpha value is -2.02. The molecule has 0 radical (unpaired) electrons. The van der Waals surface area contributed by atoms with Gasteiger partial charge in [-0.25, -0.2) is 0 Å². The van der Waals surface area contributed by atoms with Gasteiger partial charge >= 0.3 is 5.97 Å². The molecule has 0 amide bonds. The van der Waals surface area contributed by atoms with Crippen LogP contribution >= 0.6 is 0 Å². The minimum atomic E-state index is -0.801. The highest BCUT2D eigenvalue weighted by Crippen LogP contribution is 2.36. The summed E-state index contributed by atoms with van der Waals surface area (Å²) in [5.41, 5.74) is 2.34. The average Bonchev–Trinajstić information content (AvgIpc) is 3.13. The zero-order valence-electron chi connectivity index (χ0n) is 10.3. The fourth-order valence-electron chi connectivity index (χ4n) is 2.10. The van der Waals surface area contributed by atoms with Crippen LogP contribution in [0.5, 0.6) is 0 Å². The second-order valence-corrected chi connectivity index (χ2v) is 4.85. The monoisotopic (exact) mass is 244 g/mol. The van der Waals surface area contributed by atoms with Crippen molar-refractivity contribution in [2.24, 2.45) is 5.92 Å². The van der Waals surface area contributed by atoms with Gasteiger partial charge in [0.15, 0.2) is 0 Å². The van der Waals surface area contributed by atoms with Crippen molar-refractivity contribution in [3.63, 3.8) is 0 Å². The van der Waals surface area contributed by atoms with Gasteiger partial charge in [0.25, 0.3) is 0 Å². The molecule has 1 aromatic carbocycles. The molecule has 0 saturated heterocycles. The molecule has 2 rings (SSSR count). The van der Waals surface area contributed by atoms with Crippen LogP contribution in [0.25, 0.3) is 0 Å². The summed E-state index contributed by atoms with van der Waals surface area (Å²) in [5.74, 6) is -0.376. The Morgan fingerprint density at radius 1 is 1.61 bits per heavy atom. The minimum absolute atomic E-state index is 0.0719. The first-order chi connectivity index (χ1) is 8.60. The SMILES string of the molecule is Cc1ccc(NC(CC(=O)O)C2CC2)c(C#N)c1. The molecule has 0 bridgehead atoms. The summed E-state index contributed by atoms with van der Waals surface area (Å²) in [5, 5.41) is 21.2. The van der Waals surface area contributed by atoms with E-state index < -0.39 is 5.97 Å². The van der Waals surface area contributed by atoms with Crippen molar-refractivity contribution in [3.8, 4) is 6.07 Å². The molecule has 1 unspecified atom stereocenters. The molecule has 2 N–H and O–H groups in total. The molecule has 1 saturated carbocycles. The van der Waals surface area contributed by atoms with Crippen molar-refractivity contribution in [2.45, 2.75) is 32.2 Å². The van der Waals surface area contributed by atoms with E-state index in [1.54, 1.807) is 0 Å². The third-order valence-electron chi connectivity index (χ3n) is 3.22. The number of carboxylic acid groups (broad SMARTS) is 1. The zero-order valence-corrected chi connectivity index (χ0v) is 10.3. The van der Waals surface area contributed by atoms with Crippen LogP contribution in [0.3, 0.4) is 0 Å². The number of carboxylic acids is 1. The summed E-state index contributed by atoms with van der Waals surface area (Å²) >= 11 is 0. The van der Waals surface area contributed by atoms with E-state index in [0.29, 0.717) is 11.5 Å². The molecule has 4 heteroatoms. The van der Waals surface area contributed by atoms with Crippen molar-refractivity contribution in [1.82, 2.24) is 0 Å². The molecule has 1 atom stereocenters. The number of hydrogen-bond donors (Lipinski definition) is 2. The van der Waals surface area contributed by atoms with Gasteiger partial charge in [0, 0.05) is 6.04 Å². The number of hydrogen-bond acceptors (Lipinski definition) is 3. The number of carbonyl (C=O) groups is 1. The maximum atomic E-state index is 10.8. The lowest BCUT2D eigenvalue weighted by molar-refractivity contribution is -0.137. The first-order valence-electron chi connectivity index (χ1n) is 6.09. The van der Waals surface area contributed by atoms with Gasteiger partial charge in [0.2, 0.25) is 0 Å². The molecular weight excluding hydrogens is 228 g/mol. The number of aliphatic carboxylic acids is 1. The van der Waals surface area contributed by atoms with E-state index in [4.69, 9.17) is 10.4 Å². The molecular formula is C14H16N2O2. The molecule has 18 heavy (non-hydrogen) atoms. The van der Waals surface area contributed by atoms with Gasteiger partial charge in [-0.2, -0.15) is 5.26 Å². The number of nitrogens with one attached hydrogen (secondary N) is 1. The topological polar surface area (TPSA) is 73.1 Å². The van der Waals surface area contributed by atoms with Crippen molar-refractivity contribution >= 4 is 11.7 Å². The second kappa shape index (κ2) is 5.09. The van der Waals surface area contributed by atoms with Crippen LogP contribution in [0.4, 0.5) is 5.69 Å². The smallest absolute Gasteiger partial charge is 0.305 e. The number of rotatable bonds is 5. The molecule has 1 aromatic rings. The van der Waals surface area contributed by atoms with E-state index in [9.17, 15) is 4.79 Å². The second-order valence-electron chi connectivity index (χ2n) is 4.85. The Labute approximate surface area is 106 Å². The van der Waals surface area contributed by atoms with Crippen molar-refractivity contribution in [1.29, 1.82) is 5.26 Å². The van der Waals surface area contributed by atoms with Crippen molar-refractivity contribution < 1.29 is 9.90 Å². The Balaban J connectivity index is 2.16. The van der Waals surface area contributed by atoms with Gasteiger partial charge < -0.3 is 10.4 Å². The van der Waals surface area contributed by atoms with Crippen LogP contribution in [-0.4, -0.2) is 17.1 Å². The average molecular weight is 244 g/mol. The van der Waals surface area contributed by atoms with Crippen LogP contribution in [-0.2, 0) is 4.79 Å². The predicted molar refractivity (Wildman–Crippen MR) is 68.3 cm³/mol. The summed E-state index contributed by atoms with van der Waals surface area (Å²) in [7, 11) is 0. The van der Waals surface area contributed by atoms with E-state index in [0.717, 1.165) is 24.1 Å². The first kappa shape index (κ1) is 12.4. The van der Waals surface area contributed by atoms with Gasteiger partial charge in [-0.1, -0.05) is 6.07 Å². The largest absolute Gasteiger partial charge is 0.481 e. The molecule has 1 aliphatic carbocycles. The maximum absolute atomic E-state index is 10.8. The third-order valence-corrected chi connectivity index (χ3v) is 3.22. The predicted octanol–water partition coefficient (Wildman–Crippen LogP) is 2.53. The molecule has 1 aliphatic rings. The van der Waals surface area contributed by atoms with E-state index in [1.165, 1.54) is 0 Å². The molecule has 0 aliphatic heterocycles. The summed E-state index contributed by atoms with van der Waals surface area (Å²) < 4.78 is 0. The summed E-state index contributed by atoms with van der Waals surface area (Å²) in [6.07, 6.45) is 2.24. The Kier molecular flexibility index (Phi) is 3.52. The van der Waals surface area contributed by atoms with Crippen molar-refractivity contribution in [3.05, 3.63) is 29.3 Å².